The summed E-state index contributed by atoms with van der Waals surface area (Å²) in [6.45, 7) is 0. The fourth-order valence-corrected chi connectivity index (χ4v) is 2.27. The number of para-hydroxylation sites is 1. The van der Waals surface area contributed by atoms with Gasteiger partial charge in [-0.25, -0.2) is 4.79 Å². The summed E-state index contributed by atoms with van der Waals surface area (Å²) in [6, 6.07) is 3.11. The predicted octanol–water partition coefficient (Wildman–Crippen LogP) is -0.418. The Morgan fingerprint density at radius 2 is 1.79 bits per heavy atom. The summed E-state index contributed by atoms with van der Waals surface area (Å²) in [4.78, 5) is 45.3. The van der Waals surface area contributed by atoms with Crippen molar-refractivity contribution in [2.24, 2.45) is 0 Å². The van der Waals surface area contributed by atoms with Gasteiger partial charge in [-0.05, 0) is 0 Å². The standard InChI is InChI=1S/C10H6N4O5/c15-7-10(8(16)12-9(17)13-10)4-2-1-3-5(14(18)19)6(4)11-7/h1-3H,(H,11,15)(H2,12,13,16,17). The van der Waals surface area contributed by atoms with Crippen LogP contribution in [0.25, 0.3) is 0 Å². The fourth-order valence-electron chi connectivity index (χ4n) is 2.27. The van der Waals surface area contributed by atoms with Crippen LogP contribution in [0.1, 0.15) is 5.56 Å². The summed E-state index contributed by atoms with van der Waals surface area (Å²) < 4.78 is 0. The summed E-state index contributed by atoms with van der Waals surface area (Å²) in [5, 5.41) is 17.3. The highest BCUT2D eigenvalue weighted by molar-refractivity contribution is 6.27. The molecule has 9 nitrogen and oxygen atoms in total. The van der Waals surface area contributed by atoms with Gasteiger partial charge >= 0.3 is 6.03 Å². The molecule has 1 aromatic rings. The molecule has 96 valence electrons. The minimum absolute atomic E-state index is 0.0649. The van der Waals surface area contributed by atoms with Crippen LogP contribution >= 0.6 is 0 Å². The Balaban J connectivity index is 2.27. The number of carbonyl (C=O) groups is 3. The van der Waals surface area contributed by atoms with E-state index in [1.807, 2.05) is 5.32 Å². The second-order valence-electron chi connectivity index (χ2n) is 4.07. The van der Waals surface area contributed by atoms with Gasteiger partial charge in [0.25, 0.3) is 17.5 Å². The fraction of sp³-hybridized carbons (Fsp3) is 0.100. The molecule has 1 unspecified atom stereocenters. The van der Waals surface area contributed by atoms with Crippen LogP contribution in [0.3, 0.4) is 0 Å². The van der Waals surface area contributed by atoms with E-state index in [0.717, 1.165) is 0 Å². The molecule has 0 saturated carbocycles. The second-order valence-corrected chi connectivity index (χ2v) is 4.07. The smallest absolute Gasteiger partial charge is 0.317 e. The van der Waals surface area contributed by atoms with Crippen LogP contribution in [-0.2, 0) is 15.1 Å². The van der Waals surface area contributed by atoms with Gasteiger partial charge in [0, 0.05) is 11.6 Å². The lowest BCUT2D eigenvalue weighted by Gasteiger charge is -2.16. The number of amides is 4. The number of benzene rings is 1. The van der Waals surface area contributed by atoms with Gasteiger partial charge in [0.15, 0.2) is 0 Å². The Morgan fingerprint density at radius 1 is 1.11 bits per heavy atom. The molecule has 2 aliphatic rings. The molecule has 0 radical (unpaired) electrons. The minimum atomic E-state index is -1.92. The Hall–Kier alpha value is -2.97. The average Bonchev–Trinajstić information content (AvgIpc) is 2.79. The Morgan fingerprint density at radius 3 is 2.37 bits per heavy atom. The van der Waals surface area contributed by atoms with Crippen molar-refractivity contribution < 1.29 is 19.3 Å². The first-order chi connectivity index (χ1) is 8.96. The lowest BCUT2D eigenvalue weighted by molar-refractivity contribution is -0.383. The number of imide groups is 1. The maximum Gasteiger partial charge on any atom is 0.323 e. The number of fused-ring (bicyclic) bond motifs is 2. The molecule has 9 heteroatoms. The van der Waals surface area contributed by atoms with E-state index in [1.165, 1.54) is 18.2 Å². The van der Waals surface area contributed by atoms with Crippen LogP contribution < -0.4 is 16.0 Å². The van der Waals surface area contributed by atoms with Gasteiger partial charge in [-0.3, -0.25) is 25.0 Å². The number of rotatable bonds is 1. The molecule has 0 aliphatic carbocycles. The first-order valence-corrected chi connectivity index (χ1v) is 5.20. The van der Waals surface area contributed by atoms with Crippen LogP contribution in [-0.4, -0.2) is 22.8 Å². The first kappa shape index (κ1) is 11.1. The molecule has 1 spiro atoms. The predicted molar refractivity (Wildman–Crippen MR) is 60.1 cm³/mol. The number of nitrogens with one attached hydrogen (secondary N) is 3. The van der Waals surface area contributed by atoms with Crippen molar-refractivity contribution in [3.8, 4) is 0 Å². The molecule has 1 atom stereocenters. The molecule has 0 bridgehead atoms. The van der Waals surface area contributed by atoms with E-state index in [1.54, 1.807) is 0 Å². The highest BCUT2D eigenvalue weighted by Crippen LogP contribution is 2.42. The normalized spacial score (nSPS) is 23.9. The van der Waals surface area contributed by atoms with Gasteiger partial charge in [0.05, 0.1) is 4.92 Å². The third-order valence-corrected chi connectivity index (χ3v) is 3.09. The second kappa shape index (κ2) is 3.28. The molecule has 19 heavy (non-hydrogen) atoms. The zero-order chi connectivity index (χ0) is 13.8. The van der Waals surface area contributed by atoms with Crippen LogP contribution in [0.15, 0.2) is 18.2 Å². The van der Waals surface area contributed by atoms with Crippen molar-refractivity contribution in [2.75, 3.05) is 5.32 Å². The quantitative estimate of drug-likeness (QED) is 0.274. The maximum absolute atomic E-state index is 12.0. The molecule has 1 fully saturated rings. The third kappa shape index (κ3) is 1.20. The van der Waals surface area contributed by atoms with Gasteiger partial charge < -0.3 is 10.6 Å². The van der Waals surface area contributed by atoms with E-state index >= 15 is 0 Å². The van der Waals surface area contributed by atoms with Crippen LogP contribution in [0.4, 0.5) is 16.2 Å². The number of anilines is 1. The molecule has 3 N–H and O–H groups in total. The summed E-state index contributed by atoms with van der Waals surface area (Å²) in [6.07, 6.45) is 0. The van der Waals surface area contributed by atoms with Gasteiger partial charge in [0.1, 0.15) is 5.69 Å². The lowest BCUT2D eigenvalue weighted by Crippen LogP contribution is -2.49. The summed E-state index contributed by atoms with van der Waals surface area (Å²) >= 11 is 0. The average molecular weight is 262 g/mol. The monoisotopic (exact) mass is 262 g/mol. The number of nitro groups is 1. The molecule has 1 aromatic carbocycles. The van der Waals surface area contributed by atoms with Gasteiger partial charge in [-0.1, -0.05) is 12.1 Å². The van der Waals surface area contributed by atoms with E-state index in [4.69, 9.17) is 0 Å². The summed E-state index contributed by atoms with van der Waals surface area (Å²) in [5.41, 5.74) is -2.26. The molecular formula is C10H6N4O5. The largest absolute Gasteiger partial charge is 0.323 e. The van der Waals surface area contributed by atoms with Crippen molar-refractivity contribution in [3.63, 3.8) is 0 Å². The highest BCUT2D eigenvalue weighted by Gasteiger charge is 2.59. The van der Waals surface area contributed by atoms with Crippen molar-refractivity contribution in [1.29, 1.82) is 0 Å². The molecule has 3 rings (SSSR count). The number of hydrogen-bond acceptors (Lipinski definition) is 5. The molecule has 1 saturated heterocycles. The molecule has 2 aliphatic heterocycles. The van der Waals surface area contributed by atoms with Gasteiger partial charge in [0.2, 0.25) is 5.54 Å². The zero-order valence-electron chi connectivity index (χ0n) is 9.22. The number of urea groups is 1. The third-order valence-electron chi connectivity index (χ3n) is 3.09. The van der Waals surface area contributed by atoms with Gasteiger partial charge in [-0.15, -0.1) is 0 Å². The number of hydrogen-bond donors (Lipinski definition) is 3. The maximum atomic E-state index is 12.0. The van der Waals surface area contributed by atoms with Crippen molar-refractivity contribution in [2.45, 2.75) is 5.54 Å². The molecule has 0 aromatic heterocycles. The van der Waals surface area contributed by atoms with E-state index in [2.05, 4.69) is 10.6 Å². The number of nitrogens with zero attached hydrogens (tertiary/aromatic N) is 1. The van der Waals surface area contributed by atoms with E-state index in [9.17, 15) is 24.5 Å². The highest BCUT2D eigenvalue weighted by atomic mass is 16.6. The van der Waals surface area contributed by atoms with Gasteiger partial charge in [-0.2, -0.15) is 0 Å². The Bertz CT molecular complexity index is 670. The zero-order valence-corrected chi connectivity index (χ0v) is 9.22. The molecule has 4 amide bonds. The Kier molecular flexibility index (Phi) is 1.92. The number of nitro benzene ring substituents is 1. The van der Waals surface area contributed by atoms with E-state index in [-0.39, 0.29) is 16.9 Å². The van der Waals surface area contributed by atoms with Crippen molar-refractivity contribution in [3.05, 3.63) is 33.9 Å². The summed E-state index contributed by atoms with van der Waals surface area (Å²) in [5.74, 6) is -1.67. The Labute approximate surface area is 105 Å². The molecular weight excluding hydrogens is 256 g/mol. The van der Waals surface area contributed by atoms with Crippen molar-refractivity contribution >= 4 is 29.2 Å². The topological polar surface area (TPSA) is 130 Å². The first-order valence-electron chi connectivity index (χ1n) is 5.20. The summed E-state index contributed by atoms with van der Waals surface area (Å²) in [7, 11) is 0. The SMILES string of the molecule is O=C1NC(=O)C2(N1)C(=O)Nc1c([N+](=O)[O-])cccc12. The van der Waals surface area contributed by atoms with E-state index < -0.39 is 28.3 Å². The number of carbonyl (C=O) groups excluding carboxylic acids is 3. The molecule has 2 heterocycles. The van der Waals surface area contributed by atoms with Crippen LogP contribution in [0.2, 0.25) is 0 Å². The minimum Gasteiger partial charge on any atom is -0.317 e. The van der Waals surface area contributed by atoms with Crippen molar-refractivity contribution in [1.82, 2.24) is 10.6 Å². The van der Waals surface area contributed by atoms with Crippen LogP contribution in [0.5, 0.6) is 0 Å². The lowest BCUT2D eigenvalue weighted by atomic mass is 9.91. The van der Waals surface area contributed by atoms with Crippen LogP contribution in [0, 0.1) is 10.1 Å². The van der Waals surface area contributed by atoms with E-state index in [0.29, 0.717) is 0 Å².